The predicted molar refractivity (Wildman–Crippen MR) is 205 cm³/mol. The van der Waals surface area contributed by atoms with Gasteiger partial charge in [-0.3, -0.25) is 0 Å². The summed E-state index contributed by atoms with van der Waals surface area (Å²) in [6.45, 7) is 0. The van der Waals surface area contributed by atoms with E-state index in [1.54, 1.807) is 0 Å². The van der Waals surface area contributed by atoms with Gasteiger partial charge < -0.3 is 0 Å². The first-order chi connectivity index (χ1) is 23.8. The second kappa shape index (κ2) is 10.5. The Morgan fingerprint density at radius 3 is 1.47 bits per heavy atom. The summed E-state index contributed by atoms with van der Waals surface area (Å²) < 4.78 is 12.0. The van der Waals surface area contributed by atoms with Crippen LogP contribution in [0.1, 0.15) is 1.37 Å². The Kier molecular flexibility index (Phi) is 5.76. The number of fused-ring (bicyclic) bond motifs is 7. The molecule has 9 aromatic carbocycles. The van der Waals surface area contributed by atoms with Crippen molar-refractivity contribution in [3.8, 4) is 33.4 Å². The summed E-state index contributed by atoms with van der Waals surface area (Å²) in [5.41, 5.74) is 7.68. The molecule has 0 bridgehead atoms. The summed E-state index contributed by atoms with van der Waals surface area (Å²) >= 11 is 0.124. The van der Waals surface area contributed by atoms with E-state index in [0.717, 1.165) is 21.5 Å². The van der Waals surface area contributed by atoms with E-state index in [1.807, 2.05) is 0 Å². The zero-order chi connectivity index (χ0) is 31.8. The molecule has 0 aliphatic carbocycles. The third-order valence-electron chi connectivity index (χ3n) is 9.72. The van der Waals surface area contributed by atoms with Crippen LogP contribution in [0.5, 0.6) is 0 Å². The first kappa shape index (κ1) is 25.7. The van der Waals surface area contributed by atoms with Crippen molar-refractivity contribution in [3.63, 3.8) is 0 Å². The molecule has 10 aromatic rings. The first-order valence-corrected chi connectivity index (χ1v) is 17.8. The van der Waals surface area contributed by atoms with Crippen LogP contribution < -0.4 is 0 Å². The summed E-state index contributed by atoms with van der Waals surface area (Å²) in [5.74, 6) is 0. The molecule has 0 atom stereocenters. The second-order valence-electron chi connectivity index (χ2n) is 12.3. The quantitative estimate of drug-likeness (QED) is 0.131. The fraction of sp³-hybridized carbons (Fsp3) is 0. The molecule has 1 aromatic heterocycles. The Balaban J connectivity index is 1.33. The maximum atomic E-state index is 9.09. The zero-order valence-corrected chi connectivity index (χ0v) is 27.2. The van der Waals surface area contributed by atoms with E-state index in [-0.39, 0.29) is 14.5 Å². The molecule has 0 spiro atoms. The third-order valence-corrected chi connectivity index (χ3v) is 12.2. The Morgan fingerprint density at radius 2 is 0.830 bits per heavy atom. The molecule has 10 rings (SSSR count). The van der Waals surface area contributed by atoms with Crippen molar-refractivity contribution < 1.29 is 1.37 Å². The standard InChI is InChI=1S/C46H28Se/c1-2-14-29(15-3-1)42-34-20-8-10-22-36(34)44(37-23-11-9-21-35(37)42)39-25-12-26-40-45-38(24-13-27-41(45)47-46(39)40)43-32-18-6-4-16-30(32)28-31-17-5-7-19-33(31)43/h1-28H/i28D. The molecule has 218 valence electrons. The van der Waals surface area contributed by atoms with Gasteiger partial charge in [0.25, 0.3) is 0 Å². The maximum absolute atomic E-state index is 9.09. The SMILES string of the molecule is [2H]c1c2ccccc2c(-c2cccc3[se]c4c(-c5c6ccccc6c(-c6ccccc6)c6ccccc56)cccc4c23)c2ccccc12. The Hall–Kier alpha value is -5.46. The van der Waals surface area contributed by atoms with Crippen LogP contribution in [0.15, 0.2) is 170 Å². The van der Waals surface area contributed by atoms with Crippen LogP contribution in [0.25, 0.3) is 95.8 Å². The van der Waals surface area contributed by atoms with Crippen LogP contribution in [0.4, 0.5) is 0 Å². The fourth-order valence-corrected chi connectivity index (χ4v) is 10.4. The molecule has 1 heteroatoms. The van der Waals surface area contributed by atoms with Gasteiger partial charge in [-0.15, -0.1) is 0 Å². The monoisotopic (exact) mass is 661 g/mol. The summed E-state index contributed by atoms with van der Waals surface area (Å²) in [7, 11) is 0. The normalized spacial score (nSPS) is 12.1. The van der Waals surface area contributed by atoms with Gasteiger partial charge in [0.2, 0.25) is 0 Å². The van der Waals surface area contributed by atoms with E-state index in [9.17, 15) is 0 Å². The van der Waals surface area contributed by atoms with E-state index in [4.69, 9.17) is 1.37 Å². The van der Waals surface area contributed by atoms with E-state index in [0.29, 0.717) is 6.04 Å². The Labute approximate surface area is 280 Å². The molecule has 0 aliphatic rings. The van der Waals surface area contributed by atoms with Crippen molar-refractivity contribution in [3.05, 3.63) is 170 Å². The Morgan fingerprint density at radius 1 is 0.362 bits per heavy atom. The van der Waals surface area contributed by atoms with Crippen LogP contribution in [0.2, 0.25) is 0 Å². The van der Waals surface area contributed by atoms with E-state index >= 15 is 0 Å². The molecule has 0 aliphatic heterocycles. The average molecular weight is 661 g/mol. The van der Waals surface area contributed by atoms with Crippen molar-refractivity contribution in [1.82, 2.24) is 0 Å². The molecule has 0 fully saturated rings. The van der Waals surface area contributed by atoms with Gasteiger partial charge in [-0.1, -0.05) is 0 Å². The summed E-state index contributed by atoms with van der Waals surface area (Å²) in [5, 5.41) is 12.1. The molecule has 0 radical (unpaired) electrons. The topological polar surface area (TPSA) is 0 Å². The van der Waals surface area contributed by atoms with Crippen LogP contribution >= 0.6 is 0 Å². The van der Waals surface area contributed by atoms with Gasteiger partial charge in [0.05, 0.1) is 0 Å². The summed E-state index contributed by atoms with van der Waals surface area (Å²) in [6, 6.07) is 60.1. The number of benzene rings is 9. The van der Waals surface area contributed by atoms with Crippen LogP contribution in [-0.2, 0) is 0 Å². The molecular formula is C46H28Se. The van der Waals surface area contributed by atoms with Crippen molar-refractivity contribution in [2.45, 2.75) is 0 Å². The van der Waals surface area contributed by atoms with Gasteiger partial charge >= 0.3 is 281 Å². The van der Waals surface area contributed by atoms with Crippen molar-refractivity contribution in [2.75, 3.05) is 0 Å². The van der Waals surface area contributed by atoms with Gasteiger partial charge in [0.1, 0.15) is 0 Å². The minimum atomic E-state index is 0.124. The third kappa shape index (κ3) is 4.01. The fourth-order valence-electron chi connectivity index (χ4n) is 7.79. The van der Waals surface area contributed by atoms with Crippen molar-refractivity contribution in [2.24, 2.45) is 0 Å². The van der Waals surface area contributed by atoms with Crippen LogP contribution in [-0.4, -0.2) is 14.5 Å². The average Bonchev–Trinajstić information content (AvgIpc) is 3.54. The van der Waals surface area contributed by atoms with Gasteiger partial charge in [-0.2, -0.15) is 0 Å². The minimum absolute atomic E-state index is 0.124. The zero-order valence-electron chi connectivity index (χ0n) is 26.5. The molecular weight excluding hydrogens is 631 g/mol. The summed E-state index contributed by atoms with van der Waals surface area (Å²) in [4.78, 5) is 0. The van der Waals surface area contributed by atoms with Crippen molar-refractivity contribution >= 4 is 76.9 Å². The number of hydrogen-bond acceptors (Lipinski definition) is 0. The molecule has 1 heterocycles. The van der Waals surface area contributed by atoms with Gasteiger partial charge in [0.15, 0.2) is 0 Å². The molecule has 0 amide bonds. The van der Waals surface area contributed by atoms with E-state index < -0.39 is 0 Å². The molecule has 0 nitrogen and oxygen atoms in total. The molecule has 0 saturated carbocycles. The first-order valence-electron chi connectivity index (χ1n) is 16.6. The Bertz CT molecular complexity index is 2780. The predicted octanol–water partition coefficient (Wildman–Crippen LogP) is 12.7. The van der Waals surface area contributed by atoms with Gasteiger partial charge in [-0.25, -0.2) is 0 Å². The molecule has 0 saturated heterocycles. The van der Waals surface area contributed by atoms with Crippen LogP contribution in [0.3, 0.4) is 0 Å². The molecule has 0 unspecified atom stereocenters. The van der Waals surface area contributed by atoms with Crippen LogP contribution in [0, 0.1) is 0 Å². The molecule has 47 heavy (non-hydrogen) atoms. The summed E-state index contributed by atoms with van der Waals surface area (Å²) in [6.07, 6.45) is 0. The number of rotatable bonds is 3. The van der Waals surface area contributed by atoms with E-state index in [2.05, 4.69) is 164 Å². The van der Waals surface area contributed by atoms with E-state index in [1.165, 1.54) is 74.2 Å². The molecule has 0 N–H and O–H groups in total. The van der Waals surface area contributed by atoms with Gasteiger partial charge in [0, 0.05) is 0 Å². The second-order valence-corrected chi connectivity index (χ2v) is 14.5. The van der Waals surface area contributed by atoms with Crippen molar-refractivity contribution in [1.29, 1.82) is 0 Å². The van der Waals surface area contributed by atoms with Gasteiger partial charge in [-0.05, 0) is 0 Å². The number of hydrogen-bond donors (Lipinski definition) is 0.